The molecule has 6 rings (SSSR count). The van der Waals surface area contributed by atoms with Crippen LogP contribution in [0.1, 0.15) is 45.2 Å². The summed E-state index contributed by atoms with van der Waals surface area (Å²) in [6, 6.07) is 28.0. The highest BCUT2D eigenvalue weighted by Crippen LogP contribution is 2.39. The summed E-state index contributed by atoms with van der Waals surface area (Å²) in [5.41, 5.74) is 6.76. The Bertz CT molecular complexity index is 1630. The molecule has 0 bridgehead atoms. The molecule has 0 unspecified atom stereocenters. The number of nitrogens with zero attached hydrogens (tertiary/aromatic N) is 2. The number of hydrogen-bond acceptors (Lipinski definition) is 6. The first kappa shape index (κ1) is 32.0. The molecule has 2 aliphatic heterocycles. The van der Waals surface area contributed by atoms with Gasteiger partial charge < -0.3 is 19.3 Å². The fourth-order valence-corrected chi connectivity index (χ4v) is 6.90. The quantitative estimate of drug-likeness (QED) is 0.124. The maximum atomic E-state index is 12.9. The number of ether oxygens (including phenoxy) is 2. The van der Waals surface area contributed by atoms with E-state index in [1.54, 1.807) is 0 Å². The molecule has 0 saturated carbocycles. The zero-order valence-electron chi connectivity index (χ0n) is 25.9. The highest BCUT2D eigenvalue weighted by atomic mass is 35.5. The summed E-state index contributed by atoms with van der Waals surface area (Å²) in [6.07, 6.45) is 3.77. The van der Waals surface area contributed by atoms with Crippen molar-refractivity contribution in [1.82, 2.24) is 9.80 Å². The first-order chi connectivity index (χ1) is 22.2. The van der Waals surface area contributed by atoms with Crippen LogP contribution < -0.4 is 9.47 Å². The van der Waals surface area contributed by atoms with E-state index in [0.717, 1.165) is 73.4 Å². The van der Waals surface area contributed by atoms with Crippen LogP contribution in [0.15, 0.2) is 97.1 Å². The number of benzene rings is 4. The Kier molecular flexibility index (Phi) is 9.90. The molecule has 0 N–H and O–H groups in total. The van der Waals surface area contributed by atoms with Crippen molar-refractivity contribution in [2.45, 2.75) is 24.7 Å². The number of rotatable bonds is 6. The van der Waals surface area contributed by atoms with Crippen molar-refractivity contribution in [3.05, 3.63) is 141 Å². The molecular weight excluding hydrogens is 619 g/mol. The smallest absolute Gasteiger partial charge is 0.336 e. The van der Waals surface area contributed by atoms with Crippen LogP contribution >= 0.6 is 23.2 Å². The van der Waals surface area contributed by atoms with Crippen molar-refractivity contribution in [2.75, 3.05) is 40.3 Å². The van der Waals surface area contributed by atoms with E-state index < -0.39 is 11.9 Å². The number of esters is 2. The second-order valence-electron chi connectivity index (χ2n) is 12.1. The molecule has 4 aromatic carbocycles. The third-order valence-corrected chi connectivity index (χ3v) is 9.42. The van der Waals surface area contributed by atoms with Crippen LogP contribution in [0.5, 0.6) is 11.5 Å². The molecule has 0 amide bonds. The minimum atomic E-state index is -0.735. The average molecular weight is 656 g/mol. The van der Waals surface area contributed by atoms with Crippen molar-refractivity contribution in [1.29, 1.82) is 0 Å². The highest BCUT2D eigenvalue weighted by Gasteiger charge is 2.27. The van der Waals surface area contributed by atoms with Gasteiger partial charge >= 0.3 is 11.9 Å². The third kappa shape index (κ3) is 7.37. The number of fused-ring (bicyclic) bond motifs is 2. The average Bonchev–Trinajstić information content (AvgIpc) is 3.32. The predicted octanol–water partition coefficient (Wildman–Crippen LogP) is 7.30. The molecular formula is C38H36Cl2N2O4. The number of likely N-dealkylation sites (N-methyl/N-ethyl adjacent to an activating group) is 2. The van der Waals surface area contributed by atoms with Crippen LogP contribution in [0.2, 0.25) is 10.0 Å². The lowest BCUT2D eigenvalue weighted by atomic mass is 9.88. The summed E-state index contributed by atoms with van der Waals surface area (Å²) in [6.45, 7) is 3.45. The summed E-state index contributed by atoms with van der Waals surface area (Å²) < 4.78 is 11.3. The van der Waals surface area contributed by atoms with E-state index in [2.05, 4.69) is 48.2 Å². The fraction of sp³-hybridized carbons (Fsp3) is 0.263. The van der Waals surface area contributed by atoms with Crippen LogP contribution in [-0.2, 0) is 22.4 Å². The van der Waals surface area contributed by atoms with Crippen LogP contribution in [0.3, 0.4) is 0 Å². The molecule has 4 aromatic rings. The van der Waals surface area contributed by atoms with Crippen LogP contribution in [0.25, 0.3) is 0 Å². The molecule has 0 aliphatic carbocycles. The molecule has 2 atom stereocenters. The number of halogens is 2. The fourth-order valence-electron chi connectivity index (χ4n) is 6.45. The van der Waals surface area contributed by atoms with Gasteiger partial charge in [-0.25, -0.2) is 9.59 Å². The predicted molar refractivity (Wildman–Crippen MR) is 182 cm³/mol. The van der Waals surface area contributed by atoms with E-state index in [0.29, 0.717) is 10.0 Å². The number of carbonyl (C=O) groups excluding carboxylic acids is 2. The topological polar surface area (TPSA) is 59.1 Å². The van der Waals surface area contributed by atoms with Crippen molar-refractivity contribution in [3.8, 4) is 11.5 Å². The maximum Gasteiger partial charge on any atom is 0.336 e. The van der Waals surface area contributed by atoms with Gasteiger partial charge in [0.05, 0.1) is 10.0 Å². The zero-order valence-corrected chi connectivity index (χ0v) is 27.4. The van der Waals surface area contributed by atoms with E-state index in [-0.39, 0.29) is 23.3 Å². The Labute approximate surface area is 280 Å². The van der Waals surface area contributed by atoms with Crippen LogP contribution in [-0.4, -0.2) is 62.0 Å². The van der Waals surface area contributed by atoms with E-state index in [1.165, 1.54) is 11.1 Å². The van der Waals surface area contributed by atoms with Gasteiger partial charge in [-0.15, -0.1) is 0 Å². The first-order valence-electron chi connectivity index (χ1n) is 15.5. The van der Waals surface area contributed by atoms with E-state index in [1.807, 2.05) is 60.7 Å². The molecule has 2 aliphatic rings. The molecule has 2 heterocycles. The molecule has 0 aromatic heterocycles. The Hall–Kier alpha value is -3.94. The second-order valence-corrected chi connectivity index (χ2v) is 12.9. The molecule has 0 saturated heterocycles. The lowest BCUT2D eigenvalue weighted by Gasteiger charge is -2.22. The number of hydrogen-bond donors (Lipinski definition) is 0. The highest BCUT2D eigenvalue weighted by molar-refractivity contribution is 6.32. The first-order valence-corrected chi connectivity index (χ1v) is 16.2. The van der Waals surface area contributed by atoms with Crippen LogP contribution in [0, 0.1) is 0 Å². The zero-order chi connectivity index (χ0) is 32.2. The van der Waals surface area contributed by atoms with Gasteiger partial charge in [0.15, 0.2) is 0 Å². The molecule has 0 fully saturated rings. The number of carbonyl (C=O) groups is 2. The van der Waals surface area contributed by atoms with Crippen molar-refractivity contribution < 1.29 is 19.1 Å². The van der Waals surface area contributed by atoms with Gasteiger partial charge in [-0.05, 0) is 84.6 Å². The van der Waals surface area contributed by atoms with Gasteiger partial charge in [0.25, 0.3) is 0 Å². The molecule has 6 nitrogen and oxygen atoms in total. The largest absolute Gasteiger partial charge is 0.422 e. The maximum absolute atomic E-state index is 12.9. The lowest BCUT2D eigenvalue weighted by Crippen LogP contribution is -2.24. The molecule has 46 heavy (non-hydrogen) atoms. The second kappa shape index (κ2) is 14.2. The van der Waals surface area contributed by atoms with Gasteiger partial charge in [0, 0.05) is 50.2 Å². The normalized spacial score (nSPS) is 18.7. The molecule has 0 spiro atoms. The summed E-state index contributed by atoms with van der Waals surface area (Å²) >= 11 is 13.2. The SMILES string of the molecule is CN1CCc2cc(Cl)c(OC(=O)/C=C\C(=O)Oc3cc4c(cc3Cl)CCN(C)C[C@H]4c3ccccc3)cc2[C@H](c2ccccc2)C1. The molecule has 8 heteroatoms. The van der Waals surface area contributed by atoms with E-state index in [4.69, 9.17) is 32.7 Å². The monoisotopic (exact) mass is 654 g/mol. The Morgan fingerprint density at radius 1 is 0.652 bits per heavy atom. The molecule has 236 valence electrons. The third-order valence-electron chi connectivity index (χ3n) is 8.83. The standard InChI is InChI=1S/C38H36Cl2N2O4/c1-41-17-15-27-19-33(39)35(21-29(27)31(23-41)25-9-5-3-6-10-25)45-37(43)13-14-38(44)46-36-22-30-28(20-34(36)40)16-18-42(2)24-32(30)26-11-7-4-8-12-26/h3-14,19-22,31-32H,15-18,23-24H2,1-2H3/b14-13-/t31-,32-/m0/s1. The Balaban J connectivity index is 1.18. The van der Waals surface area contributed by atoms with Crippen molar-refractivity contribution >= 4 is 35.1 Å². The Morgan fingerprint density at radius 2 is 1.04 bits per heavy atom. The summed E-state index contributed by atoms with van der Waals surface area (Å²) in [5.74, 6) is -0.783. The molecule has 0 radical (unpaired) electrons. The van der Waals surface area contributed by atoms with Gasteiger partial charge in [-0.3, -0.25) is 0 Å². The Morgan fingerprint density at radius 3 is 1.43 bits per heavy atom. The van der Waals surface area contributed by atoms with Crippen LogP contribution in [0.4, 0.5) is 0 Å². The summed E-state index contributed by atoms with van der Waals surface area (Å²) in [7, 11) is 4.21. The van der Waals surface area contributed by atoms with Crippen molar-refractivity contribution in [3.63, 3.8) is 0 Å². The van der Waals surface area contributed by atoms with E-state index >= 15 is 0 Å². The van der Waals surface area contributed by atoms with E-state index in [9.17, 15) is 9.59 Å². The van der Waals surface area contributed by atoms with Gasteiger partial charge in [0.1, 0.15) is 11.5 Å². The van der Waals surface area contributed by atoms with Gasteiger partial charge in [0.2, 0.25) is 0 Å². The van der Waals surface area contributed by atoms with Gasteiger partial charge in [-0.2, -0.15) is 0 Å². The minimum absolute atomic E-state index is 0.0940. The lowest BCUT2D eigenvalue weighted by molar-refractivity contribution is -0.131. The summed E-state index contributed by atoms with van der Waals surface area (Å²) in [4.78, 5) is 30.3. The summed E-state index contributed by atoms with van der Waals surface area (Å²) in [5, 5.41) is 0.685. The van der Waals surface area contributed by atoms with Gasteiger partial charge in [-0.1, -0.05) is 83.9 Å². The minimum Gasteiger partial charge on any atom is -0.422 e. The van der Waals surface area contributed by atoms with Crippen molar-refractivity contribution in [2.24, 2.45) is 0 Å².